The van der Waals surface area contributed by atoms with Gasteiger partial charge in [-0.2, -0.15) is 0 Å². The molecule has 2 heterocycles. The van der Waals surface area contributed by atoms with Crippen molar-refractivity contribution in [2.75, 3.05) is 26.2 Å². The molecule has 0 spiro atoms. The summed E-state index contributed by atoms with van der Waals surface area (Å²) in [4.78, 5) is 16.8. The fraction of sp³-hybridized carbons (Fsp3) is 0.333. The van der Waals surface area contributed by atoms with Crippen molar-refractivity contribution in [2.45, 2.75) is 13.8 Å². The molecule has 2 aromatic rings. The maximum absolute atomic E-state index is 8.49. The van der Waals surface area contributed by atoms with Gasteiger partial charge in [-0.1, -0.05) is 12.1 Å². The van der Waals surface area contributed by atoms with Gasteiger partial charge in [-0.15, -0.1) is 20.5 Å². The van der Waals surface area contributed by atoms with Crippen molar-refractivity contribution in [1.82, 2.24) is 9.97 Å². The van der Waals surface area contributed by atoms with E-state index >= 15 is 0 Å². The van der Waals surface area contributed by atoms with Gasteiger partial charge in [-0.05, 0) is 38.1 Å². The van der Waals surface area contributed by atoms with E-state index in [-0.39, 0.29) is 17.1 Å². The second kappa shape index (κ2) is 21.6. The average molecular weight is 581 g/mol. The Labute approximate surface area is 217 Å². The molecule has 4 N–H and O–H groups in total. The van der Waals surface area contributed by atoms with Crippen LogP contribution in [-0.2, 0) is 17.1 Å². The van der Waals surface area contributed by atoms with Crippen LogP contribution in [0.3, 0.4) is 0 Å². The van der Waals surface area contributed by atoms with Gasteiger partial charge in [0.2, 0.25) is 0 Å². The van der Waals surface area contributed by atoms with Gasteiger partial charge in [0.1, 0.15) is 0 Å². The maximum Gasteiger partial charge on any atom is 4.00 e. The molecule has 35 heavy (non-hydrogen) atoms. The molecule has 0 aliphatic heterocycles. The minimum atomic E-state index is -4.94. The van der Waals surface area contributed by atoms with Crippen molar-refractivity contribution in [3.63, 3.8) is 0 Å². The third-order valence-corrected chi connectivity index (χ3v) is 3.03. The van der Waals surface area contributed by atoms with Gasteiger partial charge in [0, 0.05) is 25.5 Å². The smallest absolute Gasteiger partial charge is 0.329 e. The van der Waals surface area contributed by atoms with Crippen LogP contribution in [0.1, 0.15) is 25.2 Å². The predicted molar refractivity (Wildman–Crippen MR) is 101 cm³/mol. The molecule has 0 saturated heterocycles. The first-order valence-corrected chi connectivity index (χ1v) is 11.6. The first-order chi connectivity index (χ1) is 15.7. The molecule has 0 aliphatic rings. The quantitative estimate of drug-likeness (QED) is 0.238. The molecule has 0 fully saturated rings. The molecule has 0 saturated carbocycles. The van der Waals surface area contributed by atoms with Gasteiger partial charge in [-0.25, -0.2) is 37.3 Å². The van der Waals surface area contributed by atoms with Crippen molar-refractivity contribution in [2.24, 2.45) is 21.5 Å². The summed E-state index contributed by atoms with van der Waals surface area (Å²) in [5.41, 5.74) is 14.4. The number of nitrogens with zero attached hydrogens (tertiary/aromatic N) is 4. The Bertz CT molecular complexity index is 744. The molecule has 14 nitrogen and oxygen atoms in total. The third-order valence-electron chi connectivity index (χ3n) is 3.03. The first-order valence-electron chi connectivity index (χ1n) is 9.17. The third kappa shape index (κ3) is 32.3. The molecule has 0 bridgehead atoms. The van der Waals surface area contributed by atoms with Gasteiger partial charge < -0.3 is 11.5 Å². The molecule has 0 aromatic carbocycles. The van der Waals surface area contributed by atoms with Gasteiger partial charge in [0.05, 0.1) is 35.9 Å². The van der Waals surface area contributed by atoms with Crippen LogP contribution < -0.4 is 48.7 Å². The second-order valence-corrected chi connectivity index (χ2v) is 7.21. The fourth-order valence-corrected chi connectivity index (χ4v) is 1.78. The van der Waals surface area contributed by atoms with E-state index in [2.05, 4.69) is 20.0 Å². The zero-order chi connectivity index (χ0) is 26.6. The average Bonchev–Trinajstić information content (AvgIpc) is 2.75. The predicted octanol–water partition coefficient (Wildman–Crippen LogP) is -7.82. The van der Waals surface area contributed by atoms with Crippen molar-refractivity contribution in [3.05, 3.63) is 60.2 Å². The summed E-state index contributed by atoms with van der Waals surface area (Å²) in [6, 6.07) is 11.6. The normalized spacial score (nSPS) is 11.4. The molecule has 2 rings (SSSR count). The van der Waals surface area contributed by atoms with Gasteiger partial charge in [0.15, 0.2) is 0 Å². The van der Waals surface area contributed by atoms with Crippen molar-refractivity contribution in [3.8, 4) is 0 Å². The van der Waals surface area contributed by atoms with Crippen LogP contribution in [0.4, 0.5) is 0 Å². The molecule has 0 amide bonds. The maximum atomic E-state index is 8.49. The summed E-state index contributed by atoms with van der Waals surface area (Å²) in [6.45, 7) is 6.40. The summed E-state index contributed by atoms with van der Waals surface area (Å²) in [7, 11) is -9.89. The van der Waals surface area contributed by atoms with Gasteiger partial charge in [-0.3, -0.25) is 20.0 Å². The van der Waals surface area contributed by atoms with E-state index in [4.69, 9.17) is 48.7 Å². The summed E-state index contributed by atoms with van der Waals surface area (Å²) in [5, 5.41) is 0. The molecular weight excluding hydrogens is 555 g/mol. The van der Waals surface area contributed by atoms with Crippen LogP contribution in [0.25, 0.3) is 0 Å². The largest absolute Gasteiger partial charge is 4.00 e. The minimum Gasteiger partial charge on any atom is -0.329 e. The monoisotopic (exact) mass is 580 g/mol. The van der Waals surface area contributed by atoms with Crippen molar-refractivity contribution in [1.29, 1.82) is 0 Å². The standard InChI is InChI=1S/2C9H13N3.2ClHO4.Fe/c2*1-8(11-7-5-10)9-4-2-3-6-12-9;2*2-1(3,4)5;/h2*2-4,6H,5,7,10H2,1H3;2*(H,2,3,4,5);/q;;;;+4/p-2. The number of pyridine rings is 2. The Morgan fingerprint density at radius 2 is 0.971 bits per heavy atom. The SMILES string of the molecule is CC(=NCCN)c1ccccn1.CC(=NCCN)c1ccccn1.[Fe+4].[O-][Cl+3]([O-])([O-])[O-].[O-][Cl+3]([O-])([O-])[O-]. The van der Waals surface area contributed by atoms with Crippen LogP contribution >= 0.6 is 0 Å². The summed E-state index contributed by atoms with van der Waals surface area (Å²) < 4.78 is 67.9. The fourth-order valence-electron chi connectivity index (χ4n) is 1.78. The van der Waals surface area contributed by atoms with E-state index in [0.29, 0.717) is 26.2 Å². The Morgan fingerprint density at radius 3 is 1.17 bits per heavy atom. The van der Waals surface area contributed by atoms with E-state index in [0.717, 1.165) is 22.8 Å². The van der Waals surface area contributed by atoms with Crippen molar-refractivity contribution < 1.29 is 74.8 Å². The van der Waals surface area contributed by atoms with Gasteiger partial charge >= 0.3 is 17.1 Å². The molecular formula is C18H26Cl2FeN6O8+2. The molecule has 0 aliphatic carbocycles. The molecule has 0 unspecified atom stereocenters. The number of nitrogens with two attached hydrogens (primary N) is 2. The van der Waals surface area contributed by atoms with Crippen LogP contribution in [0.2, 0.25) is 0 Å². The number of hydrogen-bond donors (Lipinski definition) is 2. The van der Waals surface area contributed by atoms with Crippen LogP contribution in [0, 0.1) is 20.5 Å². The first kappa shape index (κ1) is 37.9. The number of aliphatic imine (C=N–C) groups is 2. The van der Waals surface area contributed by atoms with Crippen LogP contribution in [0.15, 0.2) is 58.8 Å². The summed E-state index contributed by atoms with van der Waals surface area (Å²) in [5.74, 6) is 0. The second-order valence-electron chi connectivity index (χ2n) is 5.70. The number of halogens is 2. The molecule has 2 aromatic heterocycles. The number of aromatic nitrogens is 2. The van der Waals surface area contributed by atoms with Crippen LogP contribution in [0.5, 0.6) is 0 Å². The molecule has 17 heteroatoms. The molecule has 0 atom stereocenters. The topological polar surface area (TPSA) is 287 Å². The minimum absolute atomic E-state index is 0. The Balaban J connectivity index is -0.000000419. The van der Waals surface area contributed by atoms with E-state index in [1.54, 1.807) is 12.4 Å². The van der Waals surface area contributed by atoms with E-state index in [9.17, 15) is 0 Å². The van der Waals surface area contributed by atoms with Gasteiger partial charge in [0.25, 0.3) is 0 Å². The van der Waals surface area contributed by atoms with E-state index < -0.39 is 20.5 Å². The molecule has 196 valence electrons. The van der Waals surface area contributed by atoms with E-state index in [1.807, 2.05) is 50.2 Å². The Morgan fingerprint density at radius 1 is 0.686 bits per heavy atom. The number of hydrogen-bond acceptors (Lipinski definition) is 14. The van der Waals surface area contributed by atoms with Crippen molar-refractivity contribution >= 4 is 11.4 Å². The summed E-state index contributed by atoms with van der Waals surface area (Å²) in [6.07, 6.45) is 3.52. The zero-order valence-electron chi connectivity index (χ0n) is 18.8. The van der Waals surface area contributed by atoms with E-state index in [1.165, 1.54) is 0 Å². The summed E-state index contributed by atoms with van der Waals surface area (Å²) >= 11 is 0. The number of rotatable bonds is 6. The molecule has 0 radical (unpaired) electrons. The zero-order valence-corrected chi connectivity index (χ0v) is 21.4. The van der Waals surface area contributed by atoms with Crippen LogP contribution in [-0.4, -0.2) is 47.6 Å². The Kier molecular flexibility index (Phi) is 23.4. The Hall–Kier alpha value is -1.66.